The summed E-state index contributed by atoms with van der Waals surface area (Å²) in [7, 11) is 1.69. The van der Waals surface area contributed by atoms with Gasteiger partial charge >= 0.3 is 0 Å². The van der Waals surface area contributed by atoms with Gasteiger partial charge in [-0.05, 0) is 36.4 Å². The second-order valence-electron chi connectivity index (χ2n) is 4.38. The summed E-state index contributed by atoms with van der Waals surface area (Å²) in [6, 6.07) is 8.41. The summed E-state index contributed by atoms with van der Waals surface area (Å²) in [4.78, 5) is 0. The average molecular weight is 226 g/mol. The molecule has 3 aromatic rings. The summed E-state index contributed by atoms with van der Waals surface area (Å²) in [6.45, 7) is 4.17. The van der Waals surface area contributed by atoms with Crippen molar-refractivity contribution in [2.45, 2.75) is 13.8 Å². The van der Waals surface area contributed by atoms with Gasteiger partial charge in [-0.15, -0.1) is 0 Å². The molecule has 3 rings (SSSR count). The van der Waals surface area contributed by atoms with Crippen LogP contribution in [0.2, 0.25) is 0 Å². The van der Waals surface area contributed by atoms with Crippen LogP contribution in [0, 0.1) is 13.8 Å². The van der Waals surface area contributed by atoms with Crippen molar-refractivity contribution in [2.24, 2.45) is 0 Å². The normalized spacial score (nSPS) is 11.2. The Morgan fingerprint density at radius 3 is 2.59 bits per heavy atom. The van der Waals surface area contributed by atoms with Crippen molar-refractivity contribution in [2.75, 3.05) is 7.11 Å². The minimum absolute atomic E-state index is 0.828. The van der Waals surface area contributed by atoms with E-state index in [9.17, 15) is 0 Å². The molecule has 0 fully saturated rings. The van der Waals surface area contributed by atoms with Gasteiger partial charge in [0.05, 0.1) is 13.4 Å². The average Bonchev–Trinajstić information content (AvgIpc) is 2.69. The highest BCUT2D eigenvalue weighted by Crippen LogP contribution is 2.37. The van der Waals surface area contributed by atoms with Crippen molar-refractivity contribution < 1.29 is 9.15 Å². The lowest BCUT2D eigenvalue weighted by atomic mass is 10.0. The van der Waals surface area contributed by atoms with Gasteiger partial charge in [0.1, 0.15) is 0 Å². The SMILES string of the molecule is COc1c2cccc(C)c2cc2c(C)coc12. The number of hydrogen-bond acceptors (Lipinski definition) is 2. The Kier molecular flexibility index (Phi) is 2.11. The summed E-state index contributed by atoms with van der Waals surface area (Å²) >= 11 is 0. The second-order valence-corrected chi connectivity index (χ2v) is 4.38. The van der Waals surface area contributed by atoms with Crippen molar-refractivity contribution in [1.29, 1.82) is 0 Å². The van der Waals surface area contributed by atoms with Crippen molar-refractivity contribution in [3.05, 3.63) is 41.7 Å². The maximum Gasteiger partial charge on any atom is 0.176 e. The number of furan rings is 1. The highest BCUT2D eigenvalue weighted by molar-refractivity contribution is 6.05. The first-order valence-corrected chi connectivity index (χ1v) is 5.66. The molecule has 17 heavy (non-hydrogen) atoms. The Morgan fingerprint density at radius 2 is 1.82 bits per heavy atom. The minimum Gasteiger partial charge on any atom is -0.492 e. The van der Waals surface area contributed by atoms with Crippen molar-refractivity contribution >= 4 is 21.7 Å². The van der Waals surface area contributed by atoms with Gasteiger partial charge in [-0.3, -0.25) is 0 Å². The van der Waals surface area contributed by atoms with Crippen LogP contribution < -0.4 is 4.74 Å². The van der Waals surface area contributed by atoms with E-state index in [1.807, 2.05) is 6.07 Å². The first-order chi connectivity index (χ1) is 8.22. The van der Waals surface area contributed by atoms with Gasteiger partial charge in [-0.25, -0.2) is 0 Å². The maximum atomic E-state index is 5.59. The van der Waals surface area contributed by atoms with Gasteiger partial charge in [0.15, 0.2) is 11.3 Å². The molecular weight excluding hydrogens is 212 g/mol. The Labute approximate surface area is 99.8 Å². The number of fused-ring (bicyclic) bond motifs is 2. The number of rotatable bonds is 1. The molecule has 2 aromatic carbocycles. The van der Waals surface area contributed by atoms with Crippen LogP contribution in [0.15, 0.2) is 34.9 Å². The van der Waals surface area contributed by atoms with Crippen molar-refractivity contribution in [3.8, 4) is 5.75 Å². The molecule has 2 nitrogen and oxygen atoms in total. The van der Waals surface area contributed by atoms with Gasteiger partial charge in [-0.1, -0.05) is 18.2 Å². The highest BCUT2D eigenvalue weighted by atomic mass is 16.5. The van der Waals surface area contributed by atoms with E-state index in [-0.39, 0.29) is 0 Å². The zero-order valence-corrected chi connectivity index (χ0v) is 10.2. The lowest BCUT2D eigenvalue weighted by Crippen LogP contribution is -1.87. The number of methoxy groups -OCH3 is 1. The van der Waals surface area contributed by atoms with Crippen LogP contribution in [0.5, 0.6) is 5.75 Å². The second kappa shape index (κ2) is 3.52. The third-order valence-corrected chi connectivity index (χ3v) is 3.29. The number of benzene rings is 2. The van der Waals surface area contributed by atoms with E-state index in [0.717, 1.165) is 27.7 Å². The molecule has 0 aliphatic carbocycles. The third kappa shape index (κ3) is 1.34. The molecule has 0 aliphatic heterocycles. The van der Waals surface area contributed by atoms with E-state index in [0.29, 0.717) is 0 Å². The topological polar surface area (TPSA) is 22.4 Å². The van der Waals surface area contributed by atoms with E-state index in [4.69, 9.17) is 9.15 Å². The van der Waals surface area contributed by atoms with Crippen LogP contribution in [0.4, 0.5) is 0 Å². The van der Waals surface area contributed by atoms with E-state index in [1.165, 1.54) is 10.9 Å². The molecule has 0 spiro atoms. The molecular formula is C15H14O2. The number of ether oxygens (including phenoxy) is 1. The lowest BCUT2D eigenvalue weighted by Gasteiger charge is -2.08. The molecule has 2 heteroatoms. The molecule has 1 aromatic heterocycles. The minimum atomic E-state index is 0.828. The van der Waals surface area contributed by atoms with Gasteiger partial charge in [-0.2, -0.15) is 0 Å². The monoisotopic (exact) mass is 226 g/mol. The number of hydrogen-bond donors (Lipinski definition) is 0. The first-order valence-electron chi connectivity index (χ1n) is 5.66. The molecule has 0 bridgehead atoms. The van der Waals surface area contributed by atoms with Gasteiger partial charge in [0.25, 0.3) is 0 Å². The molecule has 0 amide bonds. The summed E-state index contributed by atoms with van der Waals surface area (Å²) in [5.74, 6) is 0.828. The summed E-state index contributed by atoms with van der Waals surface area (Å²) in [5.41, 5.74) is 3.23. The fraction of sp³-hybridized carbons (Fsp3) is 0.200. The van der Waals surface area contributed by atoms with Crippen LogP contribution in [0.25, 0.3) is 21.7 Å². The van der Waals surface area contributed by atoms with Crippen molar-refractivity contribution in [3.63, 3.8) is 0 Å². The fourth-order valence-corrected chi connectivity index (χ4v) is 2.35. The van der Waals surface area contributed by atoms with E-state index < -0.39 is 0 Å². The molecule has 86 valence electrons. The zero-order valence-electron chi connectivity index (χ0n) is 10.2. The highest BCUT2D eigenvalue weighted by Gasteiger charge is 2.13. The Hall–Kier alpha value is -1.96. The predicted molar refractivity (Wildman–Crippen MR) is 69.7 cm³/mol. The molecule has 0 N–H and O–H groups in total. The Bertz CT molecular complexity index is 708. The van der Waals surface area contributed by atoms with Crippen LogP contribution in [0.1, 0.15) is 11.1 Å². The molecule has 0 atom stereocenters. The standard InChI is InChI=1S/C15H14O2/c1-9-5-4-6-11-12(9)7-13-10(2)8-17-15(13)14(11)16-3/h4-8H,1-3H3. The predicted octanol–water partition coefficient (Wildman–Crippen LogP) is 4.21. The third-order valence-electron chi connectivity index (χ3n) is 3.29. The largest absolute Gasteiger partial charge is 0.492 e. The van der Waals surface area contributed by atoms with E-state index in [1.54, 1.807) is 13.4 Å². The Morgan fingerprint density at radius 1 is 1.00 bits per heavy atom. The molecule has 0 radical (unpaired) electrons. The van der Waals surface area contributed by atoms with Crippen LogP contribution in [-0.4, -0.2) is 7.11 Å². The zero-order chi connectivity index (χ0) is 12.0. The summed E-state index contributed by atoms with van der Waals surface area (Å²) in [6.07, 6.45) is 1.78. The molecule has 1 heterocycles. The lowest BCUT2D eigenvalue weighted by molar-refractivity contribution is 0.415. The quantitative estimate of drug-likeness (QED) is 0.620. The summed E-state index contributed by atoms with van der Waals surface area (Å²) < 4.78 is 11.1. The molecule has 0 aliphatic rings. The maximum absolute atomic E-state index is 5.59. The van der Waals surface area contributed by atoms with Gasteiger partial charge < -0.3 is 9.15 Å². The molecule has 0 saturated heterocycles. The van der Waals surface area contributed by atoms with Crippen LogP contribution >= 0.6 is 0 Å². The van der Waals surface area contributed by atoms with Crippen LogP contribution in [0.3, 0.4) is 0 Å². The fourth-order valence-electron chi connectivity index (χ4n) is 2.35. The summed E-state index contributed by atoms with van der Waals surface area (Å²) in [5, 5.41) is 3.46. The molecule has 0 saturated carbocycles. The van der Waals surface area contributed by atoms with Gasteiger partial charge in [0, 0.05) is 10.8 Å². The first kappa shape index (κ1) is 10.2. The number of aryl methyl sites for hydroxylation is 2. The van der Waals surface area contributed by atoms with E-state index >= 15 is 0 Å². The van der Waals surface area contributed by atoms with Crippen LogP contribution in [-0.2, 0) is 0 Å². The molecule has 0 unspecified atom stereocenters. The smallest absolute Gasteiger partial charge is 0.176 e. The van der Waals surface area contributed by atoms with E-state index in [2.05, 4.69) is 32.0 Å². The Balaban J connectivity index is 2.60. The van der Waals surface area contributed by atoms with Gasteiger partial charge in [0.2, 0.25) is 0 Å². The van der Waals surface area contributed by atoms with Crippen molar-refractivity contribution in [1.82, 2.24) is 0 Å².